The standard InChI is InChI=1S/C25H43NO18/c1-7-13(26-9-2-8(3-27)14(33)18(37)15(9)34)17(36)20(39)24(41-7)44-23-12(6-30)42-25(21(40)19(23)38)43-22(11(32)5-29)16(35)10(31)4-28/h2,4,7,9-27,29-40H,3,5-6H2,1H3/t7-,9+,10+,11-,12-,13-,14-,15+,16-,17+,18+,19-,20-,21-,22-,23-,24-,25-/m1/s1. The molecule has 14 N–H and O–H groups in total. The maximum Gasteiger partial charge on any atom is 0.187 e. The van der Waals surface area contributed by atoms with Crippen LogP contribution in [0.25, 0.3) is 0 Å². The third-order valence-corrected chi connectivity index (χ3v) is 8.03. The lowest BCUT2D eigenvalue weighted by Gasteiger charge is -2.48. The third-order valence-electron chi connectivity index (χ3n) is 8.03. The highest BCUT2D eigenvalue weighted by Crippen LogP contribution is 2.31. The SMILES string of the molecule is C[C@H]1O[C@H](O[C@H]2[C@H](O)[C@@H](O)[C@@H](O[C@@H]([C@H](O)[C@@H](O)C=O)[C@H](O)CO)O[C@@H]2CO)[C@H](O)[C@@H](O)[C@@H]1N[C@H]1C=C(CO)[C@@H](O)[C@H](O)[C@H]1O. The number of nitrogens with one attached hydrogen (secondary N) is 1. The zero-order chi connectivity index (χ0) is 33.0. The van der Waals surface area contributed by atoms with Gasteiger partial charge in [0, 0.05) is 0 Å². The fourth-order valence-corrected chi connectivity index (χ4v) is 5.36. The van der Waals surface area contributed by atoms with Crippen molar-refractivity contribution >= 4 is 6.29 Å². The van der Waals surface area contributed by atoms with Gasteiger partial charge in [-0.3, -0.25) is 0 Å². The molecule has 0 amide bonds. The van der Waals surface area contributed by atoms with E-state index in [1.54, 1.807) is 0 Å². The first-order valence-electron chi connectivity index (χ1n) is 13.9. The number of hydrogen-bond acceptors (Lipinski definition) is 19. The number of hydrogen-bond donors (Lipinski definition) is 14. The molecule has 0 unspecified atom stereocenters. The average Bonchev–Trinajstić information content (AvgIpc) is 3.02. The quantitative estimate of drug-likeness (QED) is 0.0653. The Labute approximate surface area is 250 Å². The number of carbonyl (C=O) groups is 1. The highest BCUT2D eigenvalue weighted by atomic mass is 16.7. The summed E-state index contributed by atoms with van der Waals surface area (Å²) in [6.45, 7) is -1.08. The Morgan fingerprint density at radius 1 is 0.886 bits per heavy atom. The molecule has 2 saturated heterocycles. The maximum absolute atomic E-state index is 10.9. The maximum atomic E-state index is 10.9. The van der Waals surface area contributed by atoms with E-state index in [1.807, 2.05) is 0 Å². The van der Waals surface area contributed by atoms with Crippen molar-refractivity contribution in [2.45, 2.75) is 117 Å². The van der Waals surface area contributed by atoms with Crippen molar-refractivity contribution in [1.82, 2.24) is 5.32 Å². The van der Waals surface area contributed by atoms with E-state index in [1.165, 1.54) is 13.0 Å². The van der Waals surface area contributed by atoms with Crippen LogP contribution >= 0.6 is 0 Å². The molecule has 0 aromatic carbocycles. The van der Waals surface area contributed by atoms with Crippen molar-refractivity contribution in [3.63, 3.8) is 0 Å². The van der Waals surface area contributed by atoms with Gasteiger partial charge < -0.3 is 95.4 Å². The Morgan fingerprint density at radius 3 is 2.09 bits per heavy atom. The molecule has 1 aliphatic carbocycles. The van der Waals surface area contributed by atoms with Gasteiger partial charge in [0.25, 0.3) is 0 Å². The number of carbonyl (C=O) groups excluding carboxylic acids is 1. The van der Waals surface area contributed by atoms with Gasteiger partial charge in [-0.15, -0.1) is 0 Å². The highest BCUT2D eigenvalue weighted by Gasteiger charge is 2.52. The molecule has 0 saturated carbocycles. The molecule has 18 atom stereocenters. The number of aldehydes is 1. The minimum atomic E-state index is -2.10. The van der Waals surface area contributed by atoms with Crippen LogP contribution in [0.5, 0.6) is 0 Å². The van der Waals surface area contributed by atoms with Gasteiger partial charge in [-0.25, -0.2) is 0 Å². The predicted octanol–water partition coefficient (Wildman–Crippen LogP) is -8.72. The summed E-state index contributed by atoms with van der Waals surface area (Å²) in [4.78, 5) is 10.9. The van der Waals surface area contributed by atoms with Crippen molar-refractivity contribution in [2.75, 3.05) is 19.8 Å². The van der Waals surface area contributed by atoms with Crippen LogP contribution in [-0.4, -0.2) is 203 Å². The van der Waals surface area contributed by atoms with Crippen molar-refractivity contribution in [1.29, 1.82) is 0 Å². The van der Waals surface area contributed by atoms with Crippen LogP contribution in [0, 0.1) is 0 Å². The van der Waals surface area contributed by atoms with E-state index in [0.29, 0.717) is 0 Å². The molecule has 0 radical (unpaired) electrons. The lowest BCUT2D eigenvalue weighted by molar-refractivity contribution is -0.361. The Kier molecular flexibility index (Phi) is 13.5. The third kappa shape index (κ3) is 7.79. The van der Waals surface area contributed by atoms with Crippen molar-refractivity contribution in [3.8, 4) is 0 Å². The van der Waals surface area contributed by atoms with E-state index in [9.17, 15) is 71.2 Å². The monoisotopic (exact) mass is 645 g/mol. The van der Waals surface area contributed by atoms with E-state index >= 15 is 0 Å². The van der Waals surface area contributed by atoms with Gasteiger partial charge in [0.1, 0.15) is 79.4 Å². The summed E-state index contributed by atoms with van der Waals surface area (Å²) in [6.07, 6.45) is -26.8. The molecule has 2 heterocycles. The molecule has 44 heavy (non-hydrogen) atoms. The Morgan fingerprint density at radius 2 is 1.52 bits per heavy atom. The second-order valence-corrected chi connectivity index (χ2v) is 11.0. The minimum absolute atomic E-state index is 0.00900. The van der Waals surface area contributed by atoms with Crippen LogP contribution in [0.15, 0.2) is 11.6 Å². The molecule has 2 aliphatic heterocycles. The van der Waals surface area contributed by atoms with Gasteiger partial charge in [0.15, 0.2) is 18.9 Å². The van der Waals surface area contributed by atoms with E-state index in [-0.39, 0.29) is 11.9 Å². The van der Waals surface area contributed by atoms with E-state index in [0.717, 1.165) is 0 Å². The molecule has 0 spiro atoms. The molecule has 19 nitrogen and oxygen atoms in total. The summed E-state index contributed by atoms with van der Waals surface area (Å²) >= 11 is 0. The molecule has 0 aromatic rings. The van der Waals surface area contributed by atoms with Crippen molar-refractivity contribution < 1.29 is 90.1 Å². The van der Waals surface area contributed by atoms with Crippen LogP contribution in [-0.2, 0) is 23.7 Å². The molecule has 0 bridgehead atoms. The Bertz CT molecular complexity index is 943. The van der Waals surface area contributed by atoms with Crippen molar-refractivity contribution in [3.05, 3.63) is 11.6 Å². The number of aliphatic hydroxyl groups excluding tert-OH is 13. The van der Waals surface area contributed by atoms with Crippen LogP contribution in [0.1, 0.15) is 6.92 Å². The summed E-state index contributed by atoms with van der Waals surface area (Å²) in [5.74, 6) is 0. The molecule has 19 heteroatoms. The topological polar surface area (TPSA) is 329 Å². The summed E-state index contributed by atoms with van der Waals surface area (Å²) in [7, 11) is 0. The lowest BCUT2D eigenvalue weighted by Crippen LogP contribution is -2.68. The zero-order valence-corrected chi connectivity index (χ0v) is 23.5. The van der Waals surface area contributed by atoms with Crippen LogP contribution < -0.4 is 5.32 Å². The smallest absolute Gasteiger partial charge is 0.187 e. The lowest BCUT2D eigenvalue weighted by atomic mass is 9.86. The highest BCUT2D eigenvalue weighted by molar-refractivity contribution is 5.56. The normalized spacial score (nSPS) is 44.4. The Hall–Kier alpha value is -1.31. The number of aliphatic hydroxyl groups is 13. The fourth-order valence-electron chi connectivity index (χ4n) is 5.36. The molecule has 0 aromatic heterocycles. The summed E-state index contributed by atoms with van der Waals surface area (Å²) < 4.78 is 22.0. The first-order valence-corrected chi connectivity index (χ1v) is 13.9. The summed E-state index contributed by atoms with van der Waals surface area (Å²) in [6, 6.07) is -2.21. The van der Waals surface area contributed by atoms with Gasteiger partial charge in [-0.05, 0) is 12.5 Å². The van der Waals surface area contributed by atoms with E-state index in [2.05, 4.69) is 5.32 Å². The van der Waals surface area contributed by atoms with Crippen LogP contribution in [0.4, 0.5) is 0 Å². The molecular formula is C25H43NO18. The first-order chi connectivity index (χ1) is 20.7. The second-order valence-electron chi connectivity index (χ2n) is 11.0. The molecule has 3 aliphatic rings. The first kappa shape index (κ1) is 37.2. The van der Waals surface area contributed by atoms with Gasteiger partial charge in [0.2, 0.25) is 0 Å². The van der Waals surface area contributed by atoms with Crippen molar-refractivity contribution in [2.24, 2.45) is 0 Å². The Balaban J connectivity index is 1.71. The largest absolute Gasteiger partial charge is 0.394 e. The number of ether oxygens (including phenoxy) is 4. The minimum Gasteiger partial charge on any atom is -0.394 e. The van der Waals surface area contributed by atoms with Crippen LogP contribution in [0.2, 0.25) is 0 Å². The number of rotatable bonds is 13. The molecule has 2 fully saturated rings. The molecular weight excluding hydrogens is 602 g/mol. The van der Waals surface area contributed by atoms with Crippen LogP contribution in [0.3, 0.4) is 0 Å². The van der Waals surface area contributed by atoms with E-state index < -0.39 is 130 Å². The van der Waals surface area contributed by atoms with Gasteiger partial charge in [0.05, 0.1) is 38.0 Å². The van der Waals surface area contributed by atoms with E-state index in [4.69, 9.17) is 18.9 Å². The summed E-state index contributed by atoms with van der Waals surface area (Å²) in [5, 5.41) is 135. The second kappa shape index (κ2) is 16.0. The fraction of sp³-hybridized carbons (Fsp3) is 0.880. The zero-order valence-electron chi connectivity index (χ0n) is 23.5. The van der Waals surface area contributed by atoms with Gasteiger partial charge in [-0.1, -0.05) is 6.08 Å². The average molecular weight is 646 g/mol. The molecule has 3 rings (SSSR count). The molecule has 256 valence electrons. The van der Waals surface area contributed by atoms with Gasteiger partial charge >= 0.3 is 0 Å². The predicted molar refractivity (Wildman–Crippen MR) is 139 cm³/mol. The summed E-state index contributed by atoms with van der Waals surface area (Å²) in [5.41, 5.74) is 0.00900. The van der Waals surface area contributed by atoms with Gasteiger partial charge in [-0.2, -0.15) is 0 Å².